The van der Waals surface area contributed by atoms with Gasteiger partial charge in [0.25, 0.3) is 0 Å². The number of benzene rings is 4. The van der Waals surface area contributed by atoms with Crippen LogP contribution in [0.4, 0.5) is 0 Å². The summed E-state index contributed by atoms with van der Waals surface area (Å²) in [4.78, 5) is 12.2. The minimum absolute atomic E-state index is 0.360. The third-order valence-corrected chi connectivity index (χ3v) is 8.34. The van der Waals surface area contributed by atoms with Gasteiger partial charge in [0.1, 0.15) is 28.7 Å². The first-order valence-electron chi connectivity index (χ1n) is 17.6. The number of rotatable bonds is 13. The summed E-state index contributed by atoms with van der Waals surface area (Å²) in [5.74, 6) is 3.68. The second-order valence-corrected chi connectivity index (χ2v) is 12.5. The van der Waals surface area contributed by atoms with Crippen molar-refractivity contribution < 1.29 is 28.5 Å². The first kappa shape index (κ1) is 34.9. The van der Waals surface area contributed by atoms with Gasteiger partial charge in [0.2, 0.25) is 0 Å². The van der Waals surface area contributed by atoms with Crippen LogP contribution in [0, 0.1) is 0 Å². The predicted molar refractivity (Wildman–Crippen MR) is 191 cm³/mol. The van der Waals surface area contributed by atoms with Crippen LogP contribution < -0.4 is 23.7 Å². The molecule has 0 amide bonds. The normalized spacial score (nSPS) is 12.3. The highest BCUT2D eigenvalue weighted by molar-refractivity contribution is 5.70. The van der Waals surface area contributed by atoms with Gasteiger partial charge in [-0.3, -0.25) is 4.79 Å². The van der Waals surface area contributed by atoms with E-state index in [1.807, 2.05) is 12.1 Å². The standard InChI is InChI=1S/C42H50O6/c1-6-19-44-39-30-13-10-14-31(39)24-33-16-12-18-35(41(33)46-21-8-3)26-37-28-38(48-29(5)43)27-36(42(37)47-22-9-4)25-34-17-11-15-32(23-30)40(34)45-20-7-2/h10-18,27-28H,6-9,19-26H2,1-5H3. The van der Waals surface area contributed by atoms with E-state index in [0.717, 1.165) is 93.2 Å². The molecule has 0 radical (unpaired) electrons. The van der Waals surface area contributed by atoms with Crippen molar-refractivity contribution in [1.29, 1.82) is 0 Å². The van der Waals surface area contributed by atoms with Crippen LogP contribution in [-0.2, 0) is 30.5 Å². The Morgan fingerprint density at radius 3 is 1.02 bits per heavy atom. The van der Waals surface area contributed by atoms with Crippen LogP contribution in [0.2, 0.25) is 0 Å². The second kappa shape index (κ2) is 17.1. The van der Waals surface area contributed by atoms with Crippen molar-refractivity contribution in [3.63, 3.8) is 0 Å². The Morgan fingerprint density at radius 1 is 0.479 bits per heavy atom. The van der Waals surface area contributed by atoms with Crippen molar-refractivity contribution in [2.24, 2.45) is 0 Å². The summed E-state index contributed by atoms with van der Waals surface area (Å²) in [7, 11) is 0. The van der Waals surface area contributed by atoms with Crippen LogP contribution in [-0.4, -0.2) is 32.4 Å². The fourth-order valence-corrected chi connectivity index (χ4v) is 6.34. The number of hydrogen-bond acceptors (Lipinski definition) is 6. The maximum absolute atomic E-state index is 12.2. The van der Waals surface area contributed by atoms with Gasteiger partial charge in [-0.15, -0.1) is 0 Å². The Morgan fingerprint density at radius 2 is 0.750 bits per heavy atom. The van der Waals surface area contributed by atoms with E-state index in [1.165, 1.54) is 6.92 Å². The first-order valence-corrected chi connectivity index (χ1v) is 17.6. The predicted octanol–water partition coefficient (Wildman–Crippen LogP) is 9.44. The van der Waals surface area contributed by atoms with E-state index in [4.69, 9.17) is 23.7 Å². The third kappa shape index (κ3) is 8.52. The molecule has 0 atom stereocenters. The molecule has 0 fully saturated rings. The molecule has 0 aliphatic heterocycles. The number of hydrogen-bond donors (Lipinski definition) is 0. The molecule has 4 aromatic carbocycles. The van der Waals surface area contributed by atoms with E-state index in [0.29, 0.717) is 57.9 Å². The lowest BCUT2D eigenvalue weighted by molar-refractivity contribution is -0.131. The summed E-state index contributed by atoms with van der Waals surface area (Å²) in [5.41, 5.74) is 8.48. The largest absolute Gasteiger partial charge is 0.493 e. The van der Waals surface area contributed by atoms with E-state index >= 15 is 0 Å². The van der Waals surface area contributed by atoms with Gasteiger partial charge in [-0.05, 0) is 71.2 Å². The third-order valence-electron chi connectivity index (χ3n) is 8.34. The zero-order valence-corrected chi connectivity index (χ0v) is 29.3. The minimum Gasteiger partial charge on any atom is -0.493 e. The summed E-state index contributed by atoms with van der Waals surface area (Å²) >= 11 is 0. The number of carbonyl (C=O) groups is 1. The smallest absolute Gasteiger partial charge is 0.308 e. The Balaban J connectivity index is 1.79. The topological polar surface area (TPSA) is 63.2 Å². The van der Waals surface area contributed by atoms with Crippen LogP contribution in [0.3, 0.4) is 0 Å². The lowest BCUT2D eigenvalue weighted by Crippen LogP contribution is -2.10. The highest BCUT2D eigenvalue weighted by Crippen LogP contribution is 2.40. The van der Waals surface area contributed by atoms with Crippen molar-refractivity contribution in [2.75, 3.05) is 26.4 Å². The van der Waals surface area contributed by atoms with Gasteiger partial charge in [0, 0.05) is 43.7 Å². The molecule has 0 unspecified atom stereocenters. The first-order chi connectivity index (χ1) is 23.4. The van der Waals surface area contributed by atoms with E-state index in [-0.39, 0.29) is 5.97 Å². The van der Waals surface area contributed by atoms with Gasteiger partial charge in [0.05, 0.1) is 26.4 Å². The average Bonchev–Trinajstić information content (AvgIpc) is 3.06. The Labute approximate surface area is 286 Å². The molecule has 0 saturated heterocycles. The van der Waals surface area contributed by atoms with Crippen LogP contribution in [0.15, 0.2) is 66.7 Å². The molecule has 0 spiro atoms. The molecular weight excluding hydrogens is 600 g/mol. The fraction of sp³-hybridized carbons (Fsp3) is 0.405. The van der Waals surface area contributed by atoms with Gasteiger partial charge in [-0.2, -0.15) is 0 Å². The molecule has 0 saturated carbocycles. The number of ether oxygens (including phenoxy) is 5. The van der Waals surface area contributed by atoms with Crippen LogP contribution in [0.25, 0.3) is 0 Å². The SMILES string of the molecule is CCCOc1c2cccc1Cc1cccc(c1OCCC)Cc1cc(OC(C)=O)cc(c1OCCC)Cc1cccc(c1OCCC)C2. The van der Waals surface area contributed by atoms with Gasteiger partial charge in [-0.1, -0.05) is 82.3 Å². The molecule has 5 rings (SSSR count). The van der Waals surface area contributed by atoms with Crippen molar-refractivity contribution >= 4 is 5.97 Å². The van der Waals surface area contributed by atoms with Crippen molar-refractivity contribution in [3.8, 4) is 28.7 Å². The van der Waals surface area contributed by atoms with Crippen LogP contribution in [0.5, 0.6) is 28.7 Å². The van der Waals surface area contributed by atoms with Crippen LogP contribution >= 0.6 is 0 Å². The molecule has 0 N–H and O–H groups in total. The van der Waals surface area contributed by atoms with Crippen LogP contribution in [0.1, 0.15) is 105 Å². The number of para-hydroxylation sites is 3. The van der Waals surface area contributed by atoms with E-state index < -0.39 is 0 Å². The maximum atomic E-state index is 12.2. The number of carbonyl (C=O) groups excluding carboxylic acids is 1. The molecule has 6 heteroatoms. The van der Waals surface area contributed by atoms with Crippen molar-refractivity contribution in [3.05, 3.63) is 111 Å². The summed E-state index contributed by atoms with van der Waals surface area (Å²) in [5, 5.41) is 0. The zero-order chi connectivity index (χ0) is 33.9. The minimum atomic E-state index is -0.360. The molecule has 254 valence electrons. The number of esters is 1. The molecule has 48 heavy (non-hydrogen) atoms. The molecular formula is C42H50O6. The van der Waals surface area contributed by atoms with E-state index in [1.54, 1.807) is 0 Å². The molecule has 1 aliphatic carbocycles. The molecule has 0 aromatic heterocycles. The van der Waals surface area contributed by atoms with E-state index in [2.05, 4.69) is 82.3 Å². The summed E-state index contributed by atoms with van der Waals surface area (Å²) in [6.07, 6.45) is 6.00. The molecule has 6 nitrogen and oxygen atoms in total. The number of fused-ring (bicyclic) bond motifs is 8. The Hall–Kier alpha value is -4.45. The molecule has 4 aromatic rings. The fourth-order valence-electron chi connectivity index (χ4n) is 6.34. The quantitative estimate of drug-likeness (QED) is 0.0935. The summed E-state index contributed by atoms with van der Waals surface area (Å²) in [6.45, 7) is 12.4. The highest BCUT2D eigenvalue weighted by Gasteiger charge is 2.23. The highest BCUT2D eigenvalue weighted by atomic mass is 16.5. The van der Waals surface area contributed by atoms with Gasteiger partial charge < -0.3 is 23.7 Å². The van der Waals surface area contributed by atoms with E-state index in [9.17, 15) is 4.79 Å². The molecule has 1 aliphatic rings. The average molecular weight is 651 g/mol. The maximum Gasteiger partial charge on any atom is 0.308 e. The molecule has 0 heterocycles. The second-order valence-electron chi connectivity index (χ2n) is 12.5. The summed E-state index contributed by atoms with van der Waals surface area (Å²) < 4.78 is 31.9. The zero-order valence-electron chi connectivity index (χ0n) is 29.3. The van der Waals surface area contributed by atoms with Crippen molar-refractivity contribution in [2.45, 2.75) is 86.0 Å². The Kier molecular flexibility index (Phi) is 12.4. The van der Waals surface area contributed by atoms with Gasteiger partial charge in [0.15, 0.2) is 0 Å². The monoisotopic (exact) mass is 650 g/mol. The van der Waals surface area contributed by atoms with Gasteiger partial charge >= 0.3 is 5.97 Å². The Bertz CT molecular complexity index is 1590. The lowest BCUT2D eigenvalue weighted by Gasteiger charge is -2.23. The molecule has 8 bridgehead atoms. The summed E-state index contributed by atoms with van der Waals surface area (Å²) in [6, 6.07) is 23.2. The van der Waals surface area contributed by atoms with Crippen molar-refractivity contribution in [1.82, 2.24) is 0 Å². The van der Waals surface area contributed by atoms with Gasteiger partial charge in [-0.25, -0.2) is 0 Å². The lowest BCUT2D eigenvalue weighted by atomic mass is 9.91.